The smallest absolute Gasteiger partial charge is 0.0605 e. The normalized spacial score (nSPS) is 17.3. The van der Waals surface area contributed by atoms with Crippen LogP contribution in [0.15, 0.2) is 78.9 Å². The second kappa shape index (κ2) is 33.7. The van der Waals surface area contributed by atoms with Gasteiger partial charge in [0.2, 0.25) is 0 Å². The van der Waals surface area contributed by atoms with Gasteiger partial charge >= 0.3 is 0 Å². The minimum absolute atomic E-state index is 0.0156. The fourth-order valence-electron chi connectivity index (χ4n) is 16.4. The lowest BCUT2D eigenvalue weighted by molar-refractivity contribution is -0.102. The third kappa shape index (κ3) is 33.4. The maximum atomic E-state index is 5.62. The van der Waals surface area contributed by atoms with Gasteiger partial charge in [0.1, 0.15) is 0 Å². The van der Waals surface area contributed by atoms with Crippen LogP contribution in [-0.2, 0) is 4.74 Å². The minimum Gasteiger partial charge on any atom is -0.370 e. The number of para-hydroxylation sites is 1. The molecular formula is C85H156N4OS. The van der Waals surface area contributed by atoms with Crippen LogP contribution < -0.4 is 4.90 Å². The number of nitrogens with zero attached hydrogens (tertiary/aromatic N) is 4. The van der Waals surface area contributed by atoms with Gasteiger partial charge in [0.15, 0.2) is 0 Å². The molecule has 91 heavy (non-hydrogen) atoms. The van der Waals surface area contributed by atoms with Crippen LogP contribution >= 0.6 is 11.8 Å². The summed E-state index contributed by atoms with van der Waals surface area (Å²) in [6.45, 7) is 86.9. The predicted octanol–water partition coefficient (Wildman–Crippen LogP) is 26.2. The van der Waals surface area contributed by atoms with E-state index in [0.717, 1.165) is 18.1 Å². The van der Waals surface area contributed by atoms with Crippen LogP contribution in [0.5, 0.6) is 0 Å². The lowest BCUT2D eigenvalue weighted by Crippen LogP contribution is -2.58. The summed E-state index contributed by atoms with van der Waals surface area (Å²) < 4.78 is 6.43. The van der Waals surface area contributed by atoms with Gasteiger partial charge in [0.05, 0.1) is 16.9 Å². The van der Waals surface area contributed by atoms with E-state index >= 15 is 0 Å². The molecule has 0 bridgehead atoms. The zero-order valence-electron chi connectivity index (χ0n) is 68.0. The molecule has 0 atom stereocenters. The highest BCUT2D eigenvalue weighted by atomic mass is 32.2. The molecule has 3 aromatic rings. The van der Waals surface area contributed by atoms with E-state index in [1.54, 1.807) is 0 Å². The molecule has 5 nitrogen and oxygen atoms in total. The van der Waals surface area contributed by atoms with Gasteiger partial charge in [-0.3, -0.25) is 14.7 Å². The van der Waals surface area contributed by atoms with E-state index in [4.69, 9.17) is 4.74 Å². The van der Waals surface area contributed by atoms with Crippen LogP contribution in [-0.4, -0.2) is 97.8 Å². The number of rotatable bonds is 6. The second-order valence-electron chi connectivity index (χ2n) is 40.0. The fourth-order valence-corrected chi connectivity index (χ4v) is 18.3. The van der Waals surface area contributed by atoms with Crippen LogP contribution in [0.4, 0.5) is 5.69 Å². The summed E-state index contributed by atoms with van der Waals surface area (Å²) >= 11 is 2.01. The molecule has 3 aromatic carbocycles. The first-order valence-corrected chi connectivity index (χ1v) is 37.1. The molecule has 6 rings (SSSR count). The first kappa shape index (κ1) is 86.7. The van der Waals surface area contributed by atoms with Crippen LogP contribution in [0.3, 0.4) is 0 Å². The van der Waals surface area contributed by atoms with Crippen molar-refractivity contribution < 1.29 is 4.74 Å². The van der Waals surface area contributed by atoms with Crippen molar-refractivity contribution in [3.05, 3.63) is 78.9 Å². The maximum Gasteiger partial charge on any atom is 0.0605 e. The topological polar surface area (TPSA) is 22.2 Å². The number of ether oxygens (including phenoxy) is 1. The number of hydrogen-bond acceptors (Lipinski definition) is 6. The Labute approximate surface area is 574 Å². The number of hydrogen-bond donors (Lipinski definition) is 0. The van der Waals surface area contributed by atoms with Crippen molar-refractivity contribution in [1.82, 2.24) is 14.7 Å². The van der Waals surface area contributed by atoms with E-state index in [1.807, 2.05) is 11.8 Å². The number of benzene rings is 3. The molecular weight excluding hydrogens is 1130 g/mol. The Bertz CT molecular complexity index is 2290. The average molecular weight is 1280 g/mol. The van der Waals surface area contributed by atoms with Gasteiger partial charge in [-0.2, -0.15) is 11.8 Å². The van der Waals surface area contributed by atoms with Gasteiger partial charge in [-0.25, -0.2) is 0 Å². The second-order valence-corrected chi connectivity index (χ2v) is 42.7. The predicted molar refractivity (Wildman–Crippen MR) is 416 cm³/mol. The van der Waals surface area contributed by atoms with Gasteiger partial charge in [0.25, 0.3) is 0 Å². The molecule has 0 radical (unpaired) electrons. The van der Waals surface area contributed by atoms with E-state index in [-0.39, 0.29) is 33.4 Å². The highest BCUT2D eigenvalue weighted by molar-refractivity contribution is 8.01. The molecule has 0 heterocycles. The Morgan fingerprint density at radius 3 is 0.780 bits per heavy atom. The summed E-state index contributed by atoms with van der Waals surface area (Å²) in [5.74, 6) is 0. The Morgan fingerprint density at radius 1 is 0.319 bits per heavy atom. The molecule has 6 heteroatoms. The summed E-state index contributed by atoms with van der Waals surface area (Å²) in [5, 5.41) is 0. The van der Waals surface area contributed by atoms with E-state index in [1.165, 1.54) is 111 Å². The van der Waals surface area contributed by atoms with E-state index in [2.05, 4.69) is 362 Å². The highest BCUT2D eigenvalue weighted by Gasteiger charge is 2.42. The Kier molecular flexibility index (Phi) is 32.1. The lowest BCUT2D eigenvalue weighted by atomic mass is 9.73. The van der Waals surface area contributed by atoms with Crippen molar-refractivity contribution >= 4 is 17.4 Å². The highest BCUT2D eigenvalue weighted by Crippen LogP contribution is 2.46. The van der Waals surface area contributed by atoms with Crippen molar-refractivity contribution in [3.8, 4) is 22.3 Å². The minimum atomic E-state index is -0.0212. The summed E-state index contributed by atoms with van der Waals surface area (Å²) in [5.41, 5.74) is 8.58. The average Bonchev–Trinajstić information content (AvgIpc) is 0.987. The monoisotopic (exact) mass is 1280 g/mol. The van der Waals surface area contributed by atoms with Crippen molar-refractivity contribution in [1.29, 1.82) is 0 Å². The Morgan fingerprint density at radius 2 is 0.571 bits per heavy atom. The van der Waals surface area contributed by atoms with Gasteiger partial charge in [-0.15, -0.1) is 0 Å². The molecule has 0 spiro atoms. The Balaban J connectivity index is 0.000000572. The summed E-state index contributed by atoms with van der Waals surface area (Å²) in [4.78, 5) is 10.8. The maximum absolute atomic E-state index is 5.62. The van der Waals surface area contributed by atoms with Crippen molar-refractivity contribution in [3.63, 3.8) is 0 Å². The van der Waals surface area contributed by atoms with Gasteiger partial charge in [-0.1, -0.05) is 166 Å². The van der Waals surface area contributed by atoms with Gasteiger partial charge in [-0.05, 0) is 276 Å². The first-order valence-electron chi connectivity index (χ1n) is 36.3. The van der Waals surface area contributed by atoms with Crippen molar-refractivity contribution in [2.75, 3.05) is 4.90 Å². The largest absolute Gasteiger partial charge is 0.370 e. The zero-order chi connectivity index (χ0) is 71.2. The molecule has 0 amide bonds. The van der Waals surface area contributed by atoms with Gasteiger partial charge < -0.3 is 9.64 Å². The molecule has 528 valence electrons. The third-order valence-electron chi connectivity index (χ3n) is 16.6. The van der Waals surface area contributed by atoms with Crippen LogP contribution in [0.2, 0.25) is 0 Å². The number of thioether (sulfide) groups is 1. The molecule has 0 N–H and O–H groups in total. The summed E-state index contributed by atoms with van der Waals surface area (Å²) in [6.07, 6.45) is 18.2. The van der Waals surface area contributed by atoms with Crippen LogP contribution in [0.1, 0.15) is 347 Å². The third-order valence-corrected chi connectivity index (χ3v) is 17.9. The van der Waals surface area contributed by atoms with E-state index < -0.39 is 0 Å². The molecule has 0 unspecified atom stereocenters. The Hall–Kier alpha value is -2.35. The molecule has 3 fully saturated rings. The van der Waals surface area contributed by atoms with Crippen LogP contribution in [0, 0.1) is 5.41 Å². The molecule has 3 saturated carbocycles. The fraction of sp³-hybridized carbons (Fsp3) is 0.788. The zero-order valence-corrected chi connectivity index (χ0v) is 68.9. The van der Waals surface area contributed by atoms with Crippen molar-refractivity contribution in [2.45, 2.75) is 430 Å². The first-order chi connectivity index (χ1) is 40.5. The van der Waals surface area contributed by atoms with Crippen molar-refractivity contribution in [2.24, 2.45) is 5.41 Å². The SMILES string of the molecule is CC(C)(C)N(C1CCCC1)C(C)(C)C.CC(C)(C)N(C1CCCCC1)C(C)(C)C.CC(C)(C)N(c1c(-c2ccccc2)cccc1-c1ccccc1)C(C)(C)C.CC(C)(C)OC(C)(C)C.CC(C)(C)SC(C)(C)C.CC1(C)CCC(N(C(C)(C)C)C(C)(C)C)CC1. The summed E-state index contributed by atoms with van der Waals surface area (Å²) in [6, 6.07) is 30.5. The van der Waals surface area contributed by atoms with E-state index in [0.29, 0.717) is 37.1 Å². The molecule has 3 aliphatic carbocycles. The lowest BCUT2D eigenvalue weighted by Gasteiger charge is -2.52. The quantitative estimate of drug-likeness (QED) is 0.244. The molecule has 3 aliphatic rings. The summed E-state index contributed by atoms with van der Waals surface area (Å²) in [7, 11) is 0. The molecule has 0 aliphatic heterocycles. The van der Waals surface area contributed by atoms with E-state index in [9.17, 15) is 0 Å². The number of anilines is 1. The van der Waals surface area contributed by atoms with Crippen LogP contribution in [0.25, 0.3) is 22.3 Å². The van der Waals surface area contributed by atoms with Gasteiger partial charge in [0, 0.05) is 83.1 Å². The molecule has 0 aromatic heterocycles. The standard InChI is InChI=1S/C26H31N.C16H33N.C14H29N.C13H27N.C8H18O.C8H18S/c1-25(2,3)27(26(4,5)6)24-22(20-14-9-7-10-15-20)18-13-19-23(24)21-16-11-8-12-17-21;1-14(2,3)17(15(4,5)6)13-9-11-16(7,8)12-10-13;1-13(2,3)15(14(4,5)6)12-10-8-7-9-11-12;1-12(2,3)14(13(4,5)6)11-9-7-8-10-11;2*1-7(2,3)9-8(4,5)6/h7-19H,1-6H3;13H,9-12H2,1-8H3;12H,7-11H2,1-6H3;11H,7-10H2,1-6H3;2*1-6H3. The molecule has 0 saturated heterocycles.